The molecule has 10 N–H and O–H groups in total. The number of hydrogen-bond acceptors (Lipinski definition) is 16. The minimum atomic E-state index is -2.21. The molecule has 0 spiro atoms. The third-order valence-corrected chi connectivity index (χ3v) is 13.4. The zero-order chi connectivity index (χ0) is 53.8. The number of carboxylic acids is 1. The van der Waals surface area contributed by atoms with E-state index >= 15 is 0 Å². The number of benzene rings is 3. The zero-order valence-electron chi connectivity index (χ0n) is 41.6. The molecule has 4 amide bonds. The van der Waals surface area contributed by atoms with Gasteiger partial charge in [-0.2, -0.15) is 0 Å². The number of carbonyl (C=O) groups is 8. The van der Waals surface area contributed by atoms with Gasteiger partial charge >= 0.3 is 5.97 Å². The lowest BCUT2D eigenvalue weighted by molar-refractivity contribution is -0.249. The average Bonchev–Trinajstić information content (AvgIpc) is 3.31. The number of fused-ring (bicyclic) bond motifs is 3. The van der Waals surface area contributed by atoms with Crippen LogP contribution in [0.1, 0.15) is 135 Å². The first-order valence-corrected chi connectivity index (χ1v) is 24.1. The Balaban J connectivity index is 1.26. The molecule has 9 atom stereocenters. The maximum absolute atomic E-state index is 14.3. The maximum Gasteiger partial charge on any atom is 0.303 e. The number of Topliss-reactive ketones (excluding diaryl/α,β-unsaturated/α-hetero) is 1. The second-order valence-electron chi connectivity index (χ2n) is 19.9. The lowest BCUT2D eigenvalue weighted by Gasteiger charge is -2.43. The first-order valence-electron chi connectivity index (χ1n) is 24.1. The minimum absolute atomic E-state index is 0.0359. The van der Waals surface area contributed by atoms with Crippen molar-refractivity contribution < 1.29 is 83.2 Å². The van der Waals surface area contributed by atoms with Crippen LogP contribution in [-0.4, -0.2) is 133 Å². The molecule has 394 valence electrons. The zero-order valence-corrected chi connectivity index (χ0v) is 41.6. The first-order chi connectivity index (χ1) is 34.3. The molecule has 1 heterocycles. The van der Waals surface area contributed by atoms with E-state index in [4.69, 9.17) is 19.3 Å². The quantitative estimate of drug-likeness (QED) is 0.0569. The van der Waals surface area contributed by atoms with E-state index in [2.05, 4.69) is 21.3 Å². The van der Waals surface area contributed by atoms with E-state index in [1.54, 1.807) is 27.7 Å². The highest BCUT2D eigenvalue weighted by Crippen LogP contribution is 2.52. The Morgan fingerprint density at radius 2 is 1.40 bits per heavy atom. The van der Waals surface area contributed by atoms with Gasteiger partial charge in [-0.15, -0.1) is 0 Å². The molecule has 2 aliphatic carbocycles. The highest BCUT2D eigenvalue weighted by atomic mass is 16.7. The molecule has 73 heavy (non-hydrogen) atoms. The van der Waals surface area contributed by atoms with Gasteiger partial charge in [0.1, 0.15) is 52.8 Å². The molecule has 0 radical (unpaired) electrons. The number of ketones is 3. The van der Waals surface area contributed by atoms with Gasteiger partial charge in [0, 0.05) is 48.8 Å². The van der Waals surface area contributed by atoms with Crippen molar-refractivity contribution in [1.29, 1.82) is 0 Å². The van der Waals surface area contributed by atoms with Crippen molar-refractivity contribution in [3.63, 3.8) is 0 Å². The number of rotatable bonds is 20. The molecule has 3 aliphatic rings. The SMILES string of the molecule is COc1cccc2c1C(=O)c1c(O)c3c(c(O)c1C2=O)C[C@@](O)(C(C)=O)C[C@@H]3O[C@H]1C[C@H](NC(=O)[C@H](CC(C)C)NC(=O)[C@H](Cc2ccc(O)cc2)NC(=O)[C@H](CC(C)C)NC(=O)CCC(=O)O)[C@H](O)[C@H](C)O1. The Kier molecular flexibility index (Phi) is 17.3. The van der Waals surface area contributed by atoms with Gasteiger partial charge < -0.3 is 66.1 Å². The van der Waals surface area contributed by atoms with E-state index in [0.29, 0.717) is 5.56 Å². The third kappa shape index (κ3) is 12.5. The predicted octanol–water partition coefficient (Wildman–Crippen LogP) is 2.55. The van der Waals surface area contributed by atoms with Crippen molar-refractivity contribution in [3.05, 3.63) is 81.4 Å². The summed E-state index contributed by atoms with van der Waals surface area (Å²) < 4.78 is 17.8. The van der Waals surface area contributed by atoms with Gasteiger partial charge in [-0.25, -0.2) is 0 Å². The molecule has 0 saturated carbocycles. The number of aliphatic hydroxyl groups excluding tert-OH is 1. The van der Waals surface area contributed by atoms with Crippen LogP contribution in [0.25, 0.3) is 0 Å². The predicted molar refractivity (Wildman–Crippen MR) is 258 cm³/mol. The fraction of sp³-hybridized carbons (Fsp3) is 0.500. The van der Waals surface area contributed by atoms with Crippen LogP contribution in [0, 0.1) is 11.8 Å². The Morgan fingerprint density at radius 1 is 0.795 bits per heavy atom. The van der Waals surface area contributed by atoms with Gasteiger partial charge in [-0.3, -0.25) is 38.4 Å². The molecule has 1 aliphatic heterocycles. The molecule has 21 nitrogen and oxygen atoms in total. The van der Waals surface area contributed by atoms with Gasteiger partial charge in [0.25, 0.3) is 0 Å². The van der Waals surface area contributed by atoms with Crippen LogP contribution < -0.4 is 26.0 Å². The highest BCUT2D eigenvalue weighted by Gasteiger charge is 2.50. The lowest BCUT2D eigenvalue weighted by Crippen LogP contribution is -2.61. The van der Waals surface area contributed by atoms with Crippen LogP contribution in [0.15, 0.2) is 42.5 Å². The lowest BCUT2D eigenvalue weighted by atomic mass is 9.72. The van der Waals surface area contributed by atoms with Crippen molar-refractivity contribution in [2.75, 3.05) is 7.11 Å². The van der Waals surface area contributed by atoms with Crippen molar-refractivity contribution in [2.24, 2.45) is 11.8 Å². The molecule has 1 fully saturated rings. The fourth-order valence-corrected chi connectivity index (χ4v) is 9.57. The van der Waals surface area contributed by atoms with Crippen LogP contribution >= 0.6 is 0 Å². The number of aromatic hydroxyl groups is 3. The van der Waals surface area contributed by atoms with Crippen molar-refractivity contribution in [1.82, 2.24) is 21.3 Å². The summed E-state index contributed by atoms with van der Waals surface area (Å²) in [5.74, 6) is -8.43. The summed E-state index contributed by atoms with van der Waals surface area (Å²) in [5, 5.41) is 76.6. The molecule has 1 saturated heterocycles. The molecule has 0 unspecified atom stereocenters. The van der Waals surface area contributed by atoms with Gasteiger partial charge in [0.05, 0.1) is 48.5 Å². The van der Waals surface area contributed by atoms with E-state index in [1.165, 1.54) is 56.5 Å². The minimum Gasteiger partial charge on any atom is -0.508 e. The molecule has 3 aromatic rings. The number of hydrogen-bond donors (Lipinski definition) is 10. The molecule has 3 aromatic carbocycles. The molecule has 0 aromatic heterocycles. The second kappa shape index (κ2) is 22.9. The van der Waals surface area contributed by atoms with Crippen molar-refractivity contribution in [2.45, 2.75) is 147 Å². The summed E-state index contributed by atoms with van der Waals surface area (Å²) >= 11 is 0. The number of amides is 4. The molecule has 6 rings (SSSR count). The Bertz CT molecular complexity index is 2650. The van der Waals surface area contributed by atoms with E-state index in [1.807, 2.05) is 0 Å². The number of carboxylic acid groups (broad SMARTS) is 1. The number of carbonyl (C=O) groups excluding carboxylic acids is 7. The largest absolute Gasteiger partial charge is 0.508 e. The van der Waals surface area contributed by atoms with Crippen molar-refractivity contribution in [3.8, 4) is 23.0 Å². The Morgan fingerprint density at radius 3 is 2.00 bits per heavy atom. The number of methoxy groups -OCH3 is 1. The second-order valence-corrected chi connectivity index (χ2v) is 19.9. The van der Waals surface area contributed by atoms with Crippen molar-refractivity contribution >= 4 is 46.9 Å². The van der Waals surface area contributed by atoms with E-state index in [0.717, 1.165) is 6.92 Å². The van der Waals surface area contributed by atoms with Crippen LogP contribution in [0.3, 0.4) is 0 Å². The molecular weight excluding hydrogens is 953 g/mol. The summed E-state index contributed by atoms with van der Waals surface area (Å²) in [5.41, 5.74) is -3.46. The summed E-state index contributed by atoms with van der Waals surface area (Å²) in [6.45, 7) is 9.81. The number of aliphatic carboxylic acids is 1. The van der Waals surface area contributed by atoms with Crippen LogP contribution in [-0.2, 0) is 51.1 Å². The van der Waals surface area contributed by atoms with Gasteiger partial charge in [0.15, 0.2) is 17.9 Å². The van der Waals surface area contributed by atoms with Gasteiger partial charge in [0.2, 0.25) is 29.4 Å². The monoisotopic (exact) mass is 1020 g/mol. The van der Waals surface area contributed by atoms with Gasteiger partial charge in [-0.05, 0) is 62.3 Å². The summed E-state index contributed by atoms with van der Waals surface area (Å²) in [6, 6.07) is 5.20. The smallest absolute Gasteiger partial charge is 0.303 e. The topological polar surface area (TPSA) is 334 Å². The Labute approximate surface area is 421 Å². The number of phenolic OH excluding ortho intramolecular Hbond substituents is 3. The molecular formula is C52H64N4O17. The Hall–Kier alpha value is -6.94. The van der Waals surface area contributed by atoms with Crippen LogP contribution in [0.5, 0.6) is 23.0 Å². The number of ether oxygens (including phenoxy) is 3. The third-order valence-electron chi connectivity index (χ3n) is 13.4. The summed E-state index contributed by atoms with van der Waals surface area (Å²) in [7, 11) is 1.29. The van der Waals surface area contributed by atoms with Gasteiger partial charge in [-0.1, -0.05) is 52.0 Å². The maximum atomic E-state index is 14.3. The number of nitrogens with one attached hydrogen (secondary N) is 4. The molecule has 21 heteroatoms. The normalized spacial score (nSPS) is 22.5. The van der Waals surface area contributed by atoms with E-state index in [-0.39, 0.29) is 77.7 Å². The fourth-order valence-electron chi connectivity index (χ4n) is 9.57. The summed E-state index contributed by atoms with van der Waals surface area (Å²) in [6.07, 6.45) is -7.46. The van der Waals surface area contributed by atoms with Crippen LogP contribution in [0.4, 0.5) is 0 Å². The number of phenols is 3. The van der Waals surface area contributed by atoms with E-state index < -0.39 is 143 Å². The molecule has 0 bridgehead atoms. The van der Waals surface area contributed by atoms with E-state index in [9.17, 15) is 63.9 Å². The summed E-state index contributed by atoms with van der Waals surface area (Å²) in [4.78, 5) is 107. The number of aliphatic hydroxyl groups is 2. The highest BCUT2D eigenvalue weighted by molar-refractivity contribution is 6.31. The first kappa shape index (κ1) is 55.4. The van der Waals surface area contributed by atoms with Crippen LogP contribution in [0.2, 0.25) is 0 Å². The standard InChI is InChI=1S/C52H64N4O17/c1-23(2)17-32(53-37(59)15-16-38(60)61)49(67)56-34(19-27-11-13-28(58)14-12-27)51(69)55-33(18-24(3)4)50(68)54-31-20-39(72-25(5)44(31)62)73-36-22-52(70,26(6)57)21-30-41(36)48(66)43-42(46(30)64)45(63)29-9-8-10-35(71-7)40(29)47(43)65/h8-14,23-25,31-34,36,39,44,58,62,64,66,70H,15-22H2,1-7H3,(H,53,59)(H,54,68)(H,55,69)(H,56,67)(H,60,61)/t25-,31-,32-,33-,34-,36-,39-,44+,52-/m0/s1. The average molecular weight is 1020 g/mol.